The van der Waals surface area contributed by atoms with E-state index >= 15 is 0 Å². The van der Waals surface area contributed by atoms with Crippen LogP contribution in [0, 0.1) is 11.6 Å². The third-order valence-corrected chi connectivity index (χ3v) is 2.48. The van der Waals surface area contributed by atoms with Gasteiger partial charge in [-0.2, -0.15) is 4.39 Å². The van der Waals surface area contributed by atoms with E-state index in [-0.39, 0.29) is 17.6 Å². The van der Waals surface area contributed by atoms with Crippen molar-refractivity contribution in [1.82, 2.24) is 10.2 Å². The van der Waals surface area contributed by atoms with Crippen LogP contribution in [0.15, 0.2) is 18.2 Å². The number of ether oxygens (including phenoxy) is 1. The summed E-state index contributed by atoms with van der Waals surface area (Å²) in [5, 5.41) is 16.2. The number of aliphatic hydroxyl groups is 1. The van der Waals surface area contributed by atoms with E-state index in [0.717, 1.165) is 17.4 Å². The lowest BCUT2D eigenvalue weighted by molar-refractivity contribution is 0.280. The predicted molar refractivity (Wildman–Crippen MR) is 52.3 cm³/mol. The van der Waals surface area contributed by atoms with Crippen LogP contribution >= 0.6 is 11.3 Å². The molecule has 0 unspecified atom stereocenters. The van der Waals surface area contributed by atoms with E-state index in [1.165, 1.54) is 12.1 Å². The number of benzene rings is 1. The SMILES string of the molecule is OCc1nnc(Oc2cccc(F)c2F)s1. The number of aliphatic hydroxyl groups excluding tert-OH is 1. The third kappa shape index (κ3) is 2.15. The molecule has 1 N–H and O–H groups in total. The Bertz CT molecular complexity index is 504. The molecule has 7 heteroatoms. The van der Waals surface area contributed by atoms with Crippen molar-refractivity contribution in [2.24, 2.45) is 0 Å². The second-order valence-electron chi connectivity index (χ2n) is 2.77. The molecule has 0 saturated heterocycles. The molecule has 2 aromatic rings. The third-order valence-electron chi connectivity index (χ3n) is 1.70. The summed E-state index contributed by atoms with van der Waals surface area (Å²) in [6.07, 6.45) is 0. The lowest BCUT2D eigenvalue weighted by Crippen LogP contribution is -1.90. The largest absolute Gasteiger partial charge is 0.427 e. The number of aromatic nitrogens is 2. The van der Waals surface area contributed by atoms with Crippen LogP contribution in [-0.4, -0.2) is 15.3 Å². The molecular weight excluding hydrogens is 238 g/mol. The van der Waals surface area contributed by atoms with Crippen LogP contribution in [0.5, 0.6) is 10.9 Å². The van der Waals surface area contributed by atoms with Crippen molar-refractivity contribution in [3.63, 3.8) is 0 Å². The molecule has 4 nitrogen and oxygen atoms in total. The zero-order valence-corrected chi connectivity index (χ0v) is 8.67. The van der Waals surface area contributed by atoms with E-state index in [2.05, 4.69) is 10.2 Å². The van der Waals surface area contributed by atoms with Gasteiger partial charge >= 0.3 is 0 Å². The summed E-state index contributed by atoms with van der Waals surface area (Å²) in [4.78, 5) is 0. The first-order chi connectivity index (χ1) is 7.70. The average molecular weight is 244 g/mol. The van der Waals surface area contributed by atoms with Gasteiger partial charge in [-0.25, -0.2) is 4.39 Å². The molecule has 0 spiro atoms. The van der Waals surface area contributed by atoms with Gasteiger partial charge < -0.3 is 9.84 Å². The van der Waals surface area contributed by atoms with Crippen LogP contribution in [0.25, 0.3) is 0 Å². The maximum atomic E-state index is 13.2. The maximum Gasteiger partial charge on any atom is 0.299 e. The number of rotatable bonds is 3. The van der Waals surface area contributed by atoms with Gasteiger partial charge in [0.25, 0.3) is 5.19 Å². The first-order valence-corrected chi connectivity index (χ1v) is 5.07. The zero-order valence-electron chi connectivity index (χ0n) is 7.85. The second kappa shape index (κ2) is 4.50. The van der Waals surface area contributed by atoms with Crippen LogP contribution < -0.4 is 4.74 Å². The molecule has 1 heterocycles. The van der Waals surface area contributed by atoms with E-state index in [9.17, 15) is 8.78 Å². The Hall–Kier alpha value is -1.60. The minimum atomic E-state index is -1.08. The van der Waals surface area contributed by atoms with Crippen molar-refractivity contribution in [2.75, 3.05) is 0 Å². The van der Waals surface area contributed by atoms with Crippen molar-refractivity contribution in [1.29, 1.82) is 0 Å². The summed E-state index contributed by atoms with van der Waals surface area (Å²) in [6.45, 7) is -0.271. The summed E-state index contributed by atoms with van der Waals surface area (Å²) in [5.41, 5.74) is 0. The lowest BCUT2D eigenvalue weighted by atomic mass is 10.3. The number of hydrogen-bond acceptors (Lipinski definition) is 5. The van der Waals surface area contributed by atoms with Crippen molar-refractivity contribution >= 4 is 11.3 Å². The monoisotopic (exact) mass is 244 g/mol. The fraction of sp³-hybridized carbons (Fsp3) is 0.111. The topological polar surface area (TPSA) is 55.2 Å². The molecule has 0 aliphatic heterocycles. The molecule has 84 valence electrons. The fourth-order valence-corrected chi connectivity index (χ4v) is 1.56. The molecule has 0 fully saturated rings. The Morgan fingerprint density at radius 3 is 2.81 bits per heavy atom. The van der Waals surface area contributed by atoms with Gasteiger partial charge in [0.1, 0.15) is 5.01 Å². The van der Waals surface area contributed by atoms with Crippen LogP contribution in [0.1, 0.15) is 5.01 Å². The van der Waals surface area contributed by atoms with Crippen LogP contribution in [-0.2, 0) is 6.61 Å². The first kappa shape index (κ1) is 10.9. The Morgan fingerprint density at radius 2 is 2.12 bits per heavy atom. The molecule has 0 atom stereocenters. The number of halogens is 2. The molecule has 2 rings (SSSR count). The van der Waals surface area contributed by atoms with Gasteiger partial charge in [0.05, 0.1) is 6.61 Å². The molecule has 0 aliphatic rings. The zero-order chi connectivity index (χ0) is 11.5. The summed E-state index contributed by atoms with van der Waals surface area (Å²) < 4.78 is 31.0. The molecule has 1 aromatic heterocycles. The molecular formula is C9H6F2N2O2S. The Kier molecular flexibility index (Phi) is 3.07. The number of hydrogen-bond donors (Lipinski definition) is 1. The Balaban J connectivity index is 2.23. The molecule has 0 saturated carbocycles. The second-order valence-corrected chi connectivity index (χ2v) is 3.80. The highest BCUT2D eigenvalue weighted by atomic mass is 32.1. The highest BCUT2D eigenvalue weighted by molar-refractivity contribution is 7.13. The number of nitrogens with zero attached hydrogens (tertiary/aromatic N) is 2. The highest BCUT2D eigenvalue weighted by Gasteiger charge is 2.12. The van der Waals surface area contributed by atoms with Crippen molar-refractivity contribution in [2.45, 2.75) is 6.61 Å². The molecule has 0 amide bonds. The summed E-state index contributed by atoms with van der Waals surface area (Å²) in [6, 6.07) is 3.58. The fourth-order valence-electron chi connectivity index (χ4n) is 1.00. The Morgan fingerprint density at radius 1 is 1.31 bits per heavy atom. The van der Waals surface area contributed by atoms with E-state index in [4.69, 9.17) is 9.84 Å². The van der Waals surface area contributed by atoms with E-state index in [0.29, 0.717) is 5.01 Å². The van der Waals surface area contributed by atoms with Gasteiger partial charge in [0.15, 0.2) is 11.6 Å². The molecule has 0 bridgehead atoms. The smallest absolute Gasteiger partial charge is 0.299 e. The molecule has 0 radical (unpaired) electrons. The first-order valence-electron chi connectivity index (χ1n) is 4.26. The summed E-state index contributed by atoms with van der Waals surface area (Å²) in [5.74, 6) is -2.34. The Labute approximate surface area is 93.1 Å². The van der Waals surface area contributed by atoms with E-state index in [1.54, 1.807) is 0 Å². The van der Waals surface area contributed by atoms with Gasteiger partial charge in [-0.05, 0) is 12.1 Å². The van der Waals surface area contributed by atoms with E-state index < -0.39 is 11.6 Å². The van der Waals surface area contributed by atoms with Crippen molar-refractivity contribution < 1.29 is 18.6 Å². The van der Waals surface area contributed by atoms with Crippen LogP contribution in [0.3, 0.4) is 0 Å². The van der Waals surface area contributed by atoms with Crippen molar-refractivity contribution in [3.8, 4) is 10.9 Å². The van der Waals surface area contributed by atoms with Gasteiger partial charge in [0.2, 0.25) is 5.82 Å². The van der Waals surface area contributed by atoms with Gasteiger partial charge in [-0.15, -0.1) is 5.10 Å². The summed E-state index contributed by atoms with van der Waals surface area (Å²) in [7, 11) is 0. The maximum absolute atomic E-state index is 13.2. The summed E-state index contributed by atoms with van der Waals surface area (Å²) >= 11 is 0.959. The lowest BCUT2D eigenvalue weighted by Gasteiger charge is -2.02. The van der Waals surface area contributed by atoms with Crippen LogP contribution in [0.4, 0.5) is 8.78 Å². The average Bonchev–Trinajstić information content (AvgIpc) is 2.73. The van der Waals surface area contributed by atoms with Gasteiger partial charge in [-0.1, -0.05) is 22.5 Å². The molecule has 16 heavy (non-hydrogen) atoms. The predicted octanol–water partition coefficient (Wildman–Crippen LogP) is 2.10. The minimum Gasteiger partial charge on any atom is -0.427 e. The van der Waals surface area contributed by atoms with E-state index in [1.807, 2.05) is 0 Å². The minimum absolute atomic E-state index is 0.0496. The van der Waals surface area contributed by atoms with Gasteiger partial charge in [0, 0.05) is 0 Å². The van der Waals surface area contributed by atoms with Gasteiger partial charge in [-0.3, -0.25) is 0 Å². The normalized spacial score (nSPS) is 10.4. The highest BCUT2D eigenvalue weighted by Crippen LogP contribution is 2.27. The van der Waals surface area contributed by atoms with Crippen LogP contribution in [0.2, 0.25) is 0 Å². The van der Waals surface area contributed by atoms with Crippen molar-refractivity contribution in [3.05, 3.63) is 34.8 Å². The molecule has 1 aromatic carbocycles. The molecule has 0 aliphatic carbocycles. The quantitative estimate of drug-likeness (QED) is 0.898. The standard InChI is InChI=1S/C9H6F2N2O2S/c10-5-2-1-3-6(8(5)11)15-9-13-12-7(4-14)16-9/h1-3,14H,4H2.